The van der Waals surface area contributed by atoms with Crippen LogP contribution in [-0.4, -0.2) is 44.7 Å². The lowest BCUT2D eigenvalue weighted by Gasteiger charge is -2.21. The Hall–Kier alpha value is -3.65. The summed E-state index contributed by atoms with van der Waals surface area (Å²) in [6.45, 7) is 0.304. The third kappa shape index (κ3) is 3.55. The van der Waals surface area contributed by atoms with E-state index in [0.29, 0.717) is 29.5 Å². The number of nitrogens with one attached hydrogen (secondary N) is 2. The van der Waals surface area contributed by atoms with Gasteiger partial charge in [0.1, 0.15) is 11.9 Å². The number of carbonyl (C=O) groups excluding carboxylic acids is 2. The van der Waals surface area contributed by atoms with Crippen molar-refractivity contribution in [2.45, 2.75) is 19.0 Å². The Labute approximate surface area is 182 Å². The lowest BCUT2D eigenvalue weighted by Crippen LogP contribution is -2.48. The van der Waals surface area contributed by atoms with Gasteiger partial charge in [0, 0.05) is 30.1 Å². The molecule has 5 rings (SSSR count). The van der Waals surface area contributed by atoms with Gasteiger partial charge < -0.3 is 19.8 Å². The molecule has 0 spiro atoms. The third-order valence-corrected chi connectivity index (χ3v) is 5.66. The number of H-pyrrole nitrogens is 1. The molecule has 31 heavy (non-hydrogen) atoms. The largest absolute Gasteiger partial charge is 0.343 e. The molecule has 3 heterocycles. The van der Waals surface area contributed by atoms with Crippen molar-refractivity contribution < 1.29 is 9.59 Å². The van der Waals surface area contributed by atoms with E-state index in [9.17, 15) is 9.59 Å². The number of anilines is 1. The second-order valence-electron chi connectivity index (χ2n) is 7.54. The molecular formula is C22H19ClN6O2. The van der Waals surface area contributed by atoms with Crippen LogP contribution in [0.3, 0.4) is 0 Å². The number of rotatable bonds is 4. The molecule has 1 unspecified atom stereocenters. The van der Waals surface area contributed by atoms with Gasteiger partial charge >= 0.3 is 0 Å². The quantitative estimate of drug-likeness (QED) is 0.516. The van der Waals surface area contributed by atoms with E-state index in [1.54, 1.807) is 13.1 Å². The normalized spacial score (nSPS) is 15.9. The second kappa shape index (κ2) is 7.55. The first-order valence-corrected chi connectivity index (χ1v) is 10.2. The van der Waals surface area contributed by atoms with Crippen LogP contribution in [0.4, 0.5) is 5.69 Å². The fourth-order valence-corrected chi connectivity index (χ4v) is 4.15. The van der Waals surface area contributed by atoms with Gasteiger partial charge in [-0.25, -0.2) is 0 Å². The molecule has 2 aromatic heterocycles. The van der Waals surface area contributed by atoms with Crippen molar-refractivity contribution in [1.29, 1.82) is 0 Å². The topological polar surface area (TPSA) is 95.9 Å². The SMILES string of the molecule is CN1C(=O)C(NC(=O)c2nnc(Cc3ccccc3)[nH]2)Cn2ccc3cc(Cl)cc1c32. The molecule has 1 aliphatic rings. The summed E-state index contributed by atoms with van der Waals surface area (Å²) in [4.78, 5) is 30.4. The highest BCUT2D eigenvalue weighted by atomic mass is 35.5. The summed E-state index contributed by atoms with van der Waals surface area (Å²) in [5.41, 5.74) is 2.67. The van der Waals surface area contributed by atoms with Gasteiger partial charge in [0.15, 0.2) is 0 Å². The fourth-order valence-electron chi connectivity index (χ4n) is 3.93. The number of nitrogens with zero attached hydrogens (tertiary/aromatic N) is 4. The molecule has 0 radical (unpaired) electrons. The Kier molecular flexibility index (Phi) is 4.71. The summed E-state index contributed by atoms with van der Waals surface area (Å²) in [5, 5.41) is 12.3. The first-order valence-electron chi connectivity index (χ1n) is 9.82. The highest BCUT2D eigenvalue weighted by Gasteiger charge is 2.31. The van der Waals surface area contributed by atoms with E-state index in [0.717, 1.165) is 16.5 Å². The molecule has 1 atom stereocenters. The summed E-state index contributed by atoms with van der Waals surface area (Å²) in [6.07, 6.45) is 2.42. The maximum absolute atomic E-state index is 13.1. The molecule has 0 bridgehead atoms. The number of carbonyl (C=O) groups is 2. The molecule has 2 N–H and O–H groups in total. The second-order valence-corrected chi connectivity index (χ2v) is 7.97. The van der Waals surface area contributed by atoms with Crippen LogP contribution in [0.1, 0.15) is 22.0 Å². The molecular weight excluding hydrogens is 416 g/mol. The monoisotopic (exact) mass is 434 g/mol. The van der Waals surface area contributed by atoms with E-state index in [1.165, 1.54) is 4.90 Å². The lowest BCUT2D eigenvalue weighted by atomic mass is 10.1. The van der Waals surface area contributed by atoms with Crippen molar-refractivity contribution in [3.8, 4) is 0 Å². The molecule has 1 aliphatic heterocycles. The van der Waals surface area contributed by atoms with Crippen molar-refractivity contribution in [1.82, 2.24) is 25.1 Å². The minimum Gasteiger partial charge on any atom is -0.343 e. The molecule has 0 aliphatic carbocycles. The molecule has 2 amide bonds. The van der Waals surface area contributed by atoms with Gasteiger partial charge in [0.25, 0.3) is 11.8 Å². The van der Waals surface area contributed by atoms with Gasteiger partial charge in [-0.2, -0.15) is 0 Å². The predicted molar refractivity (Wildman–Crippen MR) is 117 cm³/mol. The zero-order valence-electron chi connectivity index (χ0n) is 16.7. The van der Waals surface area contributed by atoms with Gasteiger partial charge in [0.05, 0.1) is 17.7 Å². The summed E-state index contributed by atoms with van der Waals surface area (Å²) >= 11 is 6.23. The zero-order chi connectivity index (χ0) is 21.5. The number of aromatic nitrogens is 4. The molecule has 0 saturated carbocycles. The Balaban J connectivity index is 1.37. The average Bonchev–Trinajstić information content (AvgIpc) is 3.37. The third-order valence-electron chi connectivity index (χ3n) is 5.44. The maximum atomic E-state index is 13.1. The van der Waals surface area contributed by atoms with Crippen LogP contribution in [0.15, 0.2) is 54.7 Å². The van der Waals surface area contributed by atoms with Crippen LogP contribution in [0.25, 0.3) is 10.9 Å². The number of hydrogen-bond donors (Lipinski definition) is 2. The highest BCUT2D eigenvalue weighted by molar-refractivity contribution is 6.32. The number of amides is 2. The summed E-state index contributed by atoms with van der Waals surface area (Å²) in [5.74, 6) is -0.0609. The number of benzene rings is 2. The Morgan fingerprint density at radius 2 is 2.03 bits per heavy atom. The molecule has 156 valence electrons. The van der Waals surface area contributed by atoms with Gasteiger partial charge in [-0.05, 0) is 23.8 Å². The smallest absolute Gasteiger partial charge is 0.289 e. The number of aromatic amines is 1. The summed E-state index contributed by atoms with van der Waals surface area (Å²) in [6, 6.07) is 14.6. The van der Waals surface area contributed by atoms with Gasteiger partial charge in [0.2, 0.25) is 5.82 Å². The zero-order valence-corrected chi connectivity index (χ0v) is 17.4. The van der Waals surface area contributed by atoms with Crippen LogP contribution >= 0.6 is 11.6 Å². The Bertz CT molecular complexity index is 1300. The lowest BCUT2D eigenvalue weighted by molar-refractivity contribution is -0.120. The van der Waals surface area contributed by atoms with Gasteiger partial charge in [-0.3, -0.25) is 9.59 Å². The standard InChI is InChI=1S/C22H19ClN6O2/c1-28-17-11-15(23)10-14-7-8-29(19(14)17)12-16(22(28)31)24-21(30)20-25-18(26-27-20)9-13-5-3-2-4-6-13/h2-8,10-11,16H,9,12H2,1H3,(H,24,30)(H,25,26,27). The first kappa shape index (κ1) is 19.3. The van der Waals surface area contributed by atoms with Crippen molar-refractivity contribution in [2.24, 2.45) is 0 Å². The predicted octanol–water partition coefficient (Wildman–Crippen LogP) is 2.78. The number of hydrogen-bond acceptors (Lipinski definition) is 4. The van der Waals surface area contributed by atoms with E-state index in [1.807, 2.05) is 53.2 Å². The number of halogens is 1. The van der Waals surface area contributed by atoms with Crippen molar-refractivity contribution in [2.75, 3.05) is 11.9 Å². The average molecular weight is 435 g/mol. The van der Waals surface area contributed by atoms with Crippen LogP contribution in [0.5, 0.6) is 0 Å². The van der Waals surface area contributed by atoms with E-state index < -0.39 is 11.9 Å². The summed E-state index contributed by atoms with van der Waals surface area (Å²) < 4.78 is 1.95. The minimum atomic E-state index is -0.762. The van der Waals surface area contributed by atoms with Gasteiger partial charge in [-0.1, -0.05) is 41.9 Å². The molecule has 0 saturated heterocycles. The summed E-state index contributed by atoms with van der Waals surface area (Å²) in [7, 11) is 1.68. The van der Waals surface area contributed by atoms with Crippen molar-refractivity contribution in [3.05, 3.63) is 77.0 Å². The van der Waals surface area contributed by atoms with Crippen LogP contribution in [0, 0.1) is 0 Å². The first-order chi connectivity index (χ1) is 15.0. The highest BCUT2D eigenvalue weighted by Crippen LogP contribution is 2.33. The molecule has 8 nitrogen and oxygen atoms in total. The van der Waals surface area contributed by atoms with E-state index in [4.69, 9.17) is 11.6 Å². The van der Waals surface area contributed by atoms with Crippen molar-refractivity contribution in [3.63, 3.8) is 0 Å². The van der Waals surface area contributed by atoms with E-state index in [2.05, 4.69) is 20.5 Å². The maximum Gasteiger partial charge on any atom is 0.289 e. The minimum absolute atomic E-state index is 0.0730. The van der Waals surface area contributed by atoms with E-state index >= 15 is 0 Å². The molecule has 4 aromatic rings. The van der Waals surface area contributed by atoms with Crippen LogP contribution in [-0.2, 0) is 17.8 Å². The molecule has 2 aromatic carbocycles. The van der Waals surface area contributed by atoms with Gasteiger partial charge in [-0.15, -0.1) is 10.2 Å². The Morgan fingerprint density at radius 3 is 2.84 bits per heavy atom. The van der Waals surface area contributed by atoms with Crippen molar-refractivity contribution >= 4 is 40.0 Å². The fraction of sp³-hybridized carbons (Fsp3) is 0.182. The van der Waals surface area contributed by atoms with Crippen LogP contribution in [0.2, 0.25) is 5.02 Å². The number of likely N-dealkylation sites (N-methyl/N-ethyl adjacent to an activating group) is 1. The molecule has 0 fully saturated rings. The van der Waals surface area contributed by atoms with Crippen LogP contribution < -0.4 is 10.2 Å². The Morgan fingerprint density at radius 1 is 1.23 bits per heavy atom. The molecule has 9 heteroatoms. The van der Waals surface area contributed by atoms with E-state index in [-0.39, 0.29) is 11.7 Å².